The fourth-order valence-corrected chi connectivity index (χ4v) is 6.41. The Morgan fingerprint density at radius 1 is 1.11 bits per heavy atom. The standard InChI is InChI=1S/C28H45N3O5/c1-5-8-11-18-30(17-7-3)27(35)24-28-15-14-21(36-28)22(25(33)29(4)16-6-2)23(28)26(34)31(24)19-12-9-10-13-20-32/h6-7,21-24,32H,2-3,5,8-20H2,1,4H3/t21-,22+,23-,24?,28?/m0/s1. The van der Waals surface area contributed by atoms with Crippen LogP contribution < -0.4 is 0 Å². The second kappa shape index (κ2) is 12.9. The molecule has 36 heavy (non-hydrogen) atoms. The predicted octanol–water partition coefficient (Wildman–Crippen LogP) is 2.76. The molecule has 3 aliphatic heterocycles. The molecule has 0 saturated carbocycles. The van der Waals surface area contributed by atoms with Crippen molar-refractivity contribution in [1.29, 1.82) is 0 Å². The van der Waals surface area contributed by atoms with Gasteiger partial charge in [0, 0.05) is 39.8 Å². The Hall–Kier alpha value is -2.19. The predicted molar refractivity (Wildman–Crippen MR) is 139 cm³/mol. The number of aliphatic hydroxyl groups excluding tert-OH is 1. The molecule has 3 fully saturated rings. The van der Waals surface area contributed by atoms with E-state index in [1.807, 2.05) is 4.90 Å². The van der Waals surface area contributed by atoms with Gasteiger partial charge in [0.25, 0.3) is 0 Å². The van der Waals surface area contributed by atoms with Crippen molar-refractivity contribution in [3.63, 3.8) is 0 Å². The Morgan fingerprint density at radius 3 is 2.50 bits per heavy atom. The largest absolute Gasteiger partial charge is 0.396 e. The van der Waals surface area contributed by atoms with Crippen LogP contribution in [0, 0.1) is 11.8 Å². The molecule has 0 aromatic carbocycles. The van der Waals surface area contributed by atoms with Crippen LogP contribution in [0.4, 0.5) is 0 Å². The molecule has 8 heteroatoms. The Labute approximate surface area is 216 Å². The van der Waals surface area contributed by atoms with Gasteiger partial charge in [-0.15, -0.1) is 13.2 Å². The van der Waals surface area contributed by atoms with E-state index in [-0.39, 0.29) is 30.4 Å². The van der Waals surface area contributed by atoms with Gasteiger partial charge in [-0.25, -0.2) is 0 Å². The third kappa shape index (κ3) is 5.40. The van der Waals surface area contributed by atoms with E-state index in [1.54, 1.807) is 29.0 Å². The van der Waals surface area contributed by atoms with Crippen LogP contribution in [0.3, 0.4) is 0 Å². The first-order chi connectivity index (χ1) is 17.4. The van der Waals surface area contributed by atoms with Gasteiger partial charge in [-0.1, -0.05) is 44.8 Å². The highest BCUT2D eigenvalue weighted by molar-refractivity contribution is 5.99. The number of likely N-dealkylation sites (N-methyl/N-ethyl adjacent to an activating group) is 1. The van der Waals surface area contributed by atoms with Crippen molar-refractivity contribution in [2.45, 2.75) is 82.5 Å². The molecule has 3 saturated heterocycles. The number of rotatable bonds is 16. The summed E-state index contributed by atoms with van der Waals surface area (Å²) >= 11 is 0. The lowest BCUT2D eigenvalue weighted by Crippen LogP contribution is -2.56. The Balaban J connectivity index is 1.92. The molecule has 0 aromatic heterocycles. The van der Waals surface area contributed by atoms with Crippen molar-refractivity contribution in [2.75, 3.05) is 39.8 Å². The lowest BCUT2D eigenvalue weighted by atomic mass is 9.70. The molecule has 1 N–H and O–H groups in total. The number of amides is 3. The minimum Gasteiger partial charge on any atom is -0.396 e. The van der Waals surface area contributed by atoms with Crippen molar-refractivity contribution in [3.05, 3.63) is 25.3 Å². The van der Waals surface area contributed by atoms with Crippen LogP contribution in [0.15, 0.2) is 25.3 Å². The van der Waals surface area contributed by atoms with Crippen LogP contribution in [0.1, 0.15) is 64.7 Å². The topological polar surface area (TPSA) is 90.4 Å². The maximum absolute atomic E-state index is 14.1. The maximum Gasteiger partial charge on any atom is 0.248 e. The smallest absolute Gasteiger partial charge is 0.248 e. The van der Waals surface area contributed by atoms with E-state index in [0.29, 0.717) is 39.0 Å². The molecular formula is C28H45N3O5. The van der Waals surface area contributed by atoms with Crippen LogP contribution in [0.25, 0.3) is 0 Å². The fourth-order valence-electron chi connectivity index (χ4n) is 6.41. The second-order valence-electron chi connectivity index (χ2n) is 10.5. The normalized spacial score (nSPS) is 28.3. The number of aliphatic hydroxyl groups is 1. The first kappa shape index (κ1) is 28.4. The number of nitrogens with zero attached hydrogens (tertiary/aromatic N) is 3. The maximum atomic E-state index is 14.1. The molecule has 2 bridgehead atoms. The Kier molecular flexibility index (Phi) is 10.1. The lowest BCUT2D eigenvalue weighted by Gasteiger charge is -2.37. The second-order valence-corrected chi connectivity index (χ2v) is 10.5. The summed E-state index contributed by atoms with van der Waals surface area (Å²) in [7, 11) is 1.73. The minimum atomic E-state index is -0.955. The van der Waals surface area contributed by atoms with E-state index in [0.717, 1.165) is 44.9 Å². The lowest BCUT2D eigenvalue weighted by molar-refractivity contribution is -0.148. The van der Waals surface area contributed by atoms with Crippen molar-refractivity contribution in [2.24, 2.45) is 11.8 Å². The number of likely N-dealkylation sites (tertiary alicyclic amines) is 1. The average molecular weight is 504 g/mol. The molecule has 3 rings (SSSR count). The molecule has 3 heterocycles. The first-order valence-corrected chi connectivity index (χ1v) is 13.7. The third-order valence-corrected chi connectivity index (χ3v) is 8.10. The third-order valence-electron chi connectivity index (χ3n) is 8.10. The number of unbranched alkanes of at least 4 members (excludes halogenated alkanes) is 5. The van der Waals surface area contributed by atoms with E-state index in [9.17, 15) is 14.4 Å². The molecule has 5 atom stereocenters. The number of fused-ring (bicyclic) bond motifs is 1. The number of hydrogen-bond acceptors (Lipinski definition) is 5. The molecule has 8 nitrogen and oxygen atoms in total. The van der Waals surface area contributed by atoms with Gasteiger partial charge >= 0.3 is 0 Å². The molecule has 1 spiro atoms. The zero-order valence-corrected chi connectivity index (χ0v) is 22.2. The van der Waals surface area contributed by atoms with Gasteiger partial charge in [0.05, 0.1) is 17.9 Å². The first-order valence-electron chi connectivity index (χ1n) is 13.7. The van der Waals surface area contributed by atoms with Crippen molar-refractivity contribution >= 4 is 17.7 Å². The summed E-state index contributed by atoms with van der Waals surface area (Å²) < 4.78 is 6.54. The zero-order valence-electron chi connectivity index (χ0n) is 22.2. The van der Waals surface area contributed by atoms with Gasteiger partial charge in [-0.2, -0.15) is 0 Å². The monoisotopic (exact) mass is 503 g/mol. The van der Waals surface area contributed by atoms with Crippen molar-refractivity contribution < 1.29 is 24.2 Å². The average Bonchev–Trinajstić information content (AvgIpc) is 3.50. The molecule has 0 aliphatic carbocycles. The van der Waals surface area contributed by atoms with Gasteiger partial charge in [-0.3, -0.25) is 14.4 Å². The summed E-state index contributed by atoms with van der Waals surface area (Å²) in [6.07, 6.45) is 10.5. The SMILES string of the molecule is C=CCN(C)C(=O)[C@@H]1[C@@H]2CCC3(O2)C(C(=O)N(CC=C)CCCCC)N(CCCCCCO)C(=O)[C@H]13. The Bertz CT molecular complexity index is 817. The van der Waals surface area contributed by atoms with Gasteiger partial charge in [0.1, 0.15) is 11.6 Å². The summed E-state index contributed by atoms with van der Waals surface area (Å²) in [6, 6.07) is -0.720. The number of carbonyl (C=O) groups is 3. The quantitative estimate of drug-likeness (QED) is 0.258. The van der Waals surface area contributed by atoms with Crippen LogP contribution in [0.5, 0.6) is 0 Å². The highest BCUT2D eigenvalue weighted by Crippen LogP contribution is 2.58. The van der Waals surface area contributed by atoms with Crippen LogP contribution >= 0.6 is 0 Å². The number of carbonyl (C=O) groups excluding carboxylic acids is 3. The summed E-state index contributed by atoms with van der Waals surface area (Å²) in [5, 5.41) is 9.10. The molecule has 3 amide bonds. The van der Waals surface area contributed by atoms with E-state index in [2.05, 4.69) is 20.1 Å². The summed E-state index contributed by atoms with van der Waals surface area (Å²) in [4.78, 5) is 46.7. The minimum absolute atomic E-state index is 0.0922. The molecule has 202 valence electrons. The summed E-state index contributed by atoms with van der Waals surface area (Å²) in [5.74, 6) is -1.54. The van der Waals surface area contributed by atoms with Gasteiger partial charge in [0.15, 0.2) is 0 Å². The van der Waals surface area contributed by atoms with Gasteiger partial charge in [-0.05, 0) is 32.1 Å². The van der Waals surface area contributed by atoms with Crippen molar-refractivity contribution in [1.82, 2.24) is 14.7 Å². The Morgan fingerprint density at radius 2 is 1.83 bits per heavy atom. The zero-order chi connectivity index (χ0) is 26.3. The summed E-state index contributed by atoms with van der Waals surface area (Å²) in [6.45, 7) is 11.8. The van der Waals surface area contributed by atoms with E-state index >= 15 is 0 Å². The number of hydrogen-bond donors (Lipinski definition) is 1. The fraction of sp³-hybridized carbons (Fsp3) is 0.750. The van der Waals surface area contributed by atoms with E-state index in [4.69, 9.17) is 9.84 Å². The van der Waals surface area contributed by atoms with Crippen LogP contribution in [-0.4, -0.2) is 95.1 Å². The highest BCUT2D eigenvalue weighted by atomic mass is 16.5. The molecule has 0 aromatic rings. The number of ether oxygens (including phenoxy) is 1. The van der Waals surface area contributed by atoms with E-state index in [1.165, 1.54) is 0 Å². The summed E-state index contributed by atoms with van der Waals surface area (Å²) in [5.41, 5.74) is -0.955. The van der Waals surface area contributed by atoms with Crippen LogP contribution in [-0.2, 0) is 19.1 Å². The van der Waals surface area contributed by atoms with Crippen molar-refractivity contribution in [3.8, 4) is 0 Å². The molecular weight excluding hydrogens is 458 g/mol. The van der Waals surface area contributed by atoms with Crippen LogP contribution in [0.2, 0.25) is 0 Å². The van der Waals surface area contributed by atoms with E-state index < -0.39 is 23.5 Å². The molecule has 0 radical (unpaired) electrons. The molecule has 2 unspecified atom stereocenters. The highest BCUT2D eigenvalue weighted by Gasteiger charge is 2.74. The molecule has 3 aliphatic rings. The van der Waals surface area contributed by atoms with Gasteiger partial charge < -0.3 is 24.5 Å². The van der Waals surface area contributed by atoms with Gasteiger partial charge in [0.2, 0.25) is 17.7 Å².